The molecule has 66 valence electrons. The molecule has 0 aromatic heterocycles. The summed E-state index contributed by atoms with van der Waals surface area (Å²) in [7, 11) is 0. The molecule has 0 spiro atoms. The highest BCUT2D eigenvalue weighted by molar-refractivity contribution is 5.29. The van der Waals surface area contributed by atoms with Gasteiger partial charge in [0, 0.05) is 5.92 Å². The van der Waals surface area contributed by atoms with Gasteiger partial charge in [-0.15, -0.1) is 0 Å². The fourth-order valence-corrected chi connectivity index (χ4v) is 1.81. The molecule has 0 saturated heterocycles. The smallest absolute Gasteiger partial charge is 0.00813 e. The lowest BCUT2D eigenvalue weighted by Gasteiger charge is -2.20. The van der Waals surface area contributed by atoms with E-state index in [-0.39, 0.29) is 0 Å². The summed E-state index contributed by atoms with van der Waals surface area (Å²) in [6.07, 6.45) is 8.80. The van der Waals surface area contributed by atoms with Crippen LogP contribution in [0.25, 0.3) is 0 Å². The minimum Gasteiger partial charge on any atom is -0.0808 e. The first-order valence-electron chi connectivity index (χ1n) is 4.78. The van der Waals surface area contributed by atoms with E-state index in [1.165, 1.54) is 5.56 Å². The average molecular weight is 170 g/mol. The van der Waals surface area contributed by atoms with Crippen molar-refractivity contribution in [1.29, 1.82) is 0 Å². The molecule has 0 radical (unpaired) electrons. The highest BCUT2D eigenvalue weighted by Gasteiger charge is 2.14. The first kappa shape index (κ1) is 8.31. The van der Waals surface area contributed by atoms with Gasteiger partial charge in [-0.3, -0.25) is 0 Å². The number of hydrogen-bond donors (Lipinski definition) is 0. The van der Waals surface area contributed by atoms with Gasteiger partial charge in [0.15, 0.2) is 0 Å². The Kier molecular flexibility index (Phi) is 2.31. The van der Waals surface area contributed by atoms with Gasteiger partial charge in [0.05, 0.1) is 0 Å². The number of allylic oxidation sites excluding steroid dienone is 4. The Balaban J connectivity index is 2.27. The third-order valence-electron chi connectivity index (χ3n) is 2.60. The van der Waals surface area contributed by atoms with E-state index in [4.69, 9.17) is 0 Å². The SMILES string of the molecule is CC1C=CC=CC1c1ccccc1. The van der Waals surface area contributed by atoms with Gasteiger partial charge in [-0.25, -0.2) is 0 Å². The lowest BCUT2D eigenvalue weighted by Crippen LogP contribution is -2.06. The molecule has 0 N–H and O–H groups in total. The molecule has 2 atom stereocenters. The van der Waals surface area contributed by atoms with E-state index in [0.29, 0.717) is 11.8 Å². The predicted molar refractivity (Wildman–Crippen MR) is 56.6 cm³/mol. The Morgan fingerprint density at radius 3 is 2.31 bits per heavy atom. The van der Waals surface area contributed by atoms with Gasteiger partial charge in [0.25, 0.3) is 0 Å². The molecule has 0 bridgehead atoms. The Hall–Kier alpha value is -1.30. The highest BCUT2D eigenvalue weighted by Crippen LogP contribution is 2.29. The van der Waals surface area contributed by atoms with Crippen LogP contribution in [0.4, 0.5) is 0 Å². The average Bonchev–Trinajstić information content (AvgIpc) is 2.20. The summed E-state index contributed by atoms with van der Waals surface area (Å²) >= 11 is 0. The molecular formula is C13H14. The molecule has 0 nitrogen and oxygen atoms in total. The summed E-state index contributed by atoms with van der Waals surface area (Å²) in [5, 5.41) is 0. The first-order valence-corrected chi connectivity index (χ1v) is 4.78. The van der Waals surface area contributed by atoms with Crippen molar-refractivity contribution in [1.82, 2.24) is 0 Å². The molecule has 0 heterocycles. The second kappa shape index (κ2) is 3.61. The van der Waals surface area contributed by atoms with E-state index in [2.05, 4.69) is 61.6 Å². The molecule has 0 aliphatic heterocycles. The summed E-state index contributed by atoms with van der Waals surface area (Å²) in [6.45, 7) is 2.26. The largest absolute Gasteiger partial charge is 0.0808 e. The van der Waals surface area contributed by atoms with Crippen molar-refractivity contribution < 1.29 is 0 Å². The molecule has 1 aliphatic rings. The van der Waals surface area contributed by atoms with Crippen LogP contribution in [-0.2, 0) is 0 Å². The Morgan fingerprint density at radius 1 is 0.923 bits per heavy atom. The van der Waals surface area contributed by atoms with E-state index < -0.39 is 0 Å². The van der Waals surface area contributed by atoms with Crippen molar-refractivity contribution in [3.63, 3.8) is 0 Å². The van der Waals surface area contributed by atoms with E-state index in [1.54, 1.807) is 0 Å². The highest BCUT2D eigenvalue weighted by atomic mass is 14.2. The van der Waals surface area contributed by atoms with Crippen molar-refractivity contribution >= 4 is 0 Å². The fraction of sp³-hybridized carbons (Fsp3) is 0.231. The molecule has 1 aliphatic carbocycles. The molecule has 1 aromatic rings. The molecule has 0 amide bonds. The van der Waals surface area contributed by atoms with Crippen molar-refractivity contribution in [3.8, 4) is 0 Å². The van der Waals surface area contributed by atoms with E-state index in [9.17, 15) is 0 Å². The summed E-state index contributed by atoms with van der Waals surface area (Å²) in [4.78, 5) is 0. The lowest BCUT2D eigenvalue weighted by molar-refractivity contribution is 0.635. The van der Waals surface area contributed by atoms with Crippen LogP contribution in [0.2, 0.25) is 0 Å². The fourth-order valence-electron chi connectivity index (χ4n) is 1.81. The van der Waals surface area contributed by atoms with Crippen molar-refractivity contribution in [2.24, 2.45) is 5.92 Å². The predicted octanol–water partition coefficient (Wildman–Crippen LogP) is 3.53. The monoisotopic (exact) mass is 170 g/mol. The zero-order valence-corrected chi connectivity index (χ0v) is 7.85. The normalized spacial score (nSPS) is 26.2. The molecule has 0 saturated carbocycles. The van der Waals surface area contributed by atoms with Gasteiger partial charge < -0.3 is 0 Å². The Labute approximate surface area is 79.6 Å². The van der Waals surface area contributed by atoms with Crippen LogP contribution in [0.5, 0.6) is 0 Å². The maximum absolute atomic E-state index is 2.28. The summed E-state index contributed by atoms with van der Waals surface area (Å²) in [5.41, 5.74) is 1.41. The minimum atomic E-state index is 0.561. The van der Waals surface area contributed by atoms with Gasteiger partial charge in [0.1, 0.15) is 0 Å². The summed E-state index contributed by atoms with van der Waals surface area (Å²) < 4.78 is 0. The topological polar surface area (TPSA) is 0 Å². The maximum atomic E-state index is 2.28. The summed E-state index contributed by atoms with van der Waals surface area (Å²) in [5.74, 6) is 1.18. The third-order valence-corrected chi connectivity index (χ3v) is 2.60. The molecular weight excluding hydrogens is 156 g/mol. The summed E-state index contributed by atoms with van der Waals surface area (Å²) in [6, 6.07) is 10.7. The minimum absolute atomic E-state index is 0.561. The first-order chi connectivity index (χ1) is 6.38. The molecule has 2 unspecified atom stereocenters. The zero-order valence-electron chi connectivity index (χ0n) is 7.85. The van der Waals surface area contributed by atoms with Crippen LogP contribution >= 0.6 is 0 Å². The van der Waals surface area contributed by atoms with Crippen LogP contribution in [-0.4, -0.2) is 0 Å². The van der Waals surface area contributed by atoms with Gasteiger partial charge in [-0.1, -0.05) is 61.6 Å². The van der Waals surface area contributed by atoms with Crippen molar-refractivity contribution in [3.05, 3.63) is 60.2 Å². The zero-order chi connectivity index (χ0) is 9.10. The second-order valence-electron chi connectivity index (χ2n) is 3.57. The third kappa shape index (κ3) is 1.72. The van der Waals surface area contributed by atoms with Gasteiger partial charge in [-0.2, -0.15) is 0 Å². The van der Waals surface area contributed by atoms with E-state index in [1.807, 2.05) is 0 Å². The molecule has 0 fully saturated rings. The lowest BCUT2D eigenvalue weighted by atomic mass is 9.84. The van der Waals surface area contributed by atoms with Crippen LogP contribution < -0.4 is 0 Å². The maximum Gasteiger partial charge on any atom is 0.00813 e. The molecule has 1 aromatic carbocycles. The van der Waals surface area contributed by atoms with Crippen LogP contribution in [0, 0.1) is 5.92 Å². The number of rotatable bonds is 1. The number of hydrogen-bond acceptors (Lipinski definition) is 0. The van der Waals surface area contributed by atoms with E-state index >= 15 is 0 Å². The standard InChI is InChI=1S/C13H14/c1-11-7-5-6-10-13(11)12-8-3-2-4-9-12/h2-11,13H,1H3. The van der Waals surface area contributed by atoms with Gasteiger partial charge >= 0.3 is 0 Å². The molecule has 2 rings (SSSR count). The Morgan fingerprint density at radius 2 is 1.62 bits per heavy atom. The van der Waals surface area contributed by atoms with Crippen LogP contribution in [0.1, 0.15) is 18.4 Å². The number of benzene rings is 1. The Bertz CT molecular complexity index is 319. The van der Waals surface area contributed by atoms with Gasteiger partial charge in [-0.05, 0) is 11.5 Å². The van der Waals surface area contributed by atoms with Crippen LogP contribution in [0.3, 0.4) is 0 Å². The quantitative estimate of drug-likeness (QED) is 0.604. The molecule has 0 heteroatoms. The van der Waals surface area contributed by atoms with Crippen molar-refractivity contribution in [2.45, 2.75) is 12.8 Å². The second-order valence-corrected chi connectivity index (χ2v) is 3.57. The molecule has 13 heavy (non-hydrogen) atoms. The van der Waals surface area contributed by atoms with E-state index in [0.717, 1.165) is 0 Å². The van der Waals surface area contributed by atoms with Crippen LogP contribution in [0.15, 0.2) is 54.6 Å². The van der Waals surface area contributed by atoms with Crippen molar-refractivity contribution in [2.75, 3.05) is 0 Å². The van der Waals surface area contributed by atoms with Gasteiger partial charge in [0.2, 0.25) is 0 Å².